The van der Waals surface area contributed by atoms with E-state index in [1.54, 1.807) is 6.07 Å². The van der Waals surface area contributed by atoms with Crippen LogP contribution < -0.4 is 10.9 Å². The largest absolute Gasteiger partial charge is 0.408 e. The molecule has 0 unspecified atom stereocenters. The molecule has 0 saturated carbocycles. The third-order valence-electron chi connectivity index (χ3n) is 4.85. The molecular weight excluding hydrogens is 348 g/mol. The van der Waals surface area contributed by atoms with Crippen molar-refractivity contribution in [2.24, 2.45) is 0 Å². The number of carbonyl (C=O) groups excluding carboxylic acids is 1. The first kappa shape index (κ1) is 17.0. The average molecular weight is 368 g/mol. The van der Waals surface area contributed by atoms with Crippen molar-refractivity contribution in [1.29, 1.82) is 0 Å². The summed E-state index contributed by atoms with van der Waals surface area (Å²) in [5.41, 5.74) is 2.11. The molecule has 26 heavy (non-hydrogen) atoms. The Bertz CT molecular complexity index is 992. The molecule has 1 N–H and O–H groups in total. The van der Waals surface area contributed by atoms with Gasteiger partial charge in [0.15, 0.2) is 5.89 Å². The predicted octanol–water partition coefficient (Wildman–Crippen LogP) is 3.42. The summed E-state index contributed by atoms with van der Waals surface area (Å²) in [6.07, 6.45) is 4.22. The first-order valence-corrected chi connectivity index (χ1v) is 9.83. The van der Waals surface area contributed by atoms with Gasteiger partial charge in [0.1, 0.15) is 4.83 Å². The van der Waals surface area contributed by atoms with E-state index in [0.717, 1.165) is 24.8 Å². The van der Waals surface area contributed by atoms with Gasteiger partial charge >= 0.3 is 5.63 Å². The fourth-order valence-corrected chi connectivity index (χ4v) is 4.31. The summed E-state index contributed by atoms with van der Waals surface area (Å²) in [4.78, 5) is 29.5. The average Bonchev–Trinajstić information content (AvgIpc) is 3.14. The number of fused-ring (bicyclic) bond motifs is 2. The van der Waals surface area contributed by atoms with Crippen molar-refractivity contribution >= 4 is 27.5 Å². The van der Waals surface area contributed by atoms with Crippen molar-refractivity contribution in [2.45, 2.75) is 38.0 Å². The Balaban J connectivity index is 1.33. The third kappa shape index (κ3) is 3.42. The SMILES string of the molecule is O=C(NCCCc1nc2sccc2c(=O)o1)[C@H]1CCCc2ccccc21. The van der Waals surface area contributed by atoms with Crippen molar-refractivity contribution in [1.82, 2.24) is 10.3 Å². The Labute approximate surface area is 155 Å². The summed E-state index contributed by atoms with van der Waals surface area (Å²) in [5, 5.41) is 5.39. The molecule has 1 aliphatic rings. The minimum atomic E-state index is -0.339. The van der Waals surface area contributed by atoms with Gasteiger partial charge in [-0.15, -0.1) is 11.3 Å². The molecule has 2 aromatic heterocycles. The van der Waals surface area contributed by atoms with E-state index in [1.807, 2.05) is 17.5 Å². The van der Waals surface area contributed by atoms with Gasteiger partial charge < -0.3 is 9.73 Å². The summed E-state index contributed by atoms with van der Waals surface area (Å²) in [6.45, 7) is 0.547. The number of hydrogen-bond donors (Lipinski definition) is 1. The molecule has 0 spiro atoms. The topological polar surface area (TPSA) is 72.2 Å². The van der Waals surface area contributed by atoms with Crippen LogP contribution in [0.5, 0.6) is 0 Å². The highest BCUT2D eigenvalue weighted by molar-refractivity contribution is 7.16. The first-order valence-electron chi connectivity index (χ1n) is 8.95. The Morgan fingerprint density at radius 3 is 3.12 bits per heavy atom. The van der Waals surface area contributed by atoms with E-state index in [9.17, 15) is 9.59 Å². The molecule has 0 saturated heterocycles. The highest BCUT2D eigenvalue weighted by Crippen LogP contribution is 2.31. The summed E-state index contributed by atoms with van der Waals surface area (Å²) >= 11 is 1.43. The molecule has 3 aromatic rings. The predicted molar refractivity (Wildman–Crippen MR) is 102 cm³/mol. The van der Waals surface area contributed by atoms with E-state index in [-0.39, 0.29) is 17.5 Å². The lowest BCUT2D eigenvalue weighted by molar-refractivity contribution is -0.122. The van der Waals surface area contributed by atoms with Gasteiger partial charge in [0.2, 0.25) is 5.91 Å². The van der Waals surface area contributed by atoms with Gasteiger partial charge in [-0.2, -0.15) is 0 Å². The Hall–Kier alpha value is -2.47. The van der Waals surface area contributed by atoms with E-state index in [4.69, 9.17) is 4.42 Å². The molecule has 1 aromatic carbocycles. The highest BCUT2D eigenvalue weighted by atomic mass is 32.1. The molecule has 0 radical (unpaired) electrons. The molecule has 0 aliphatic heterocycles. The first-order chi connectivity index (χ1) is 12.7. The van der Waals surface area contributed by atoms with Crippen molar-refractivity contribution < 1.29 is 9.21 Å². The maximum absolute atomic E-state index is 12.6. The second-order valence-corrected chi connectivity index (χ2v) is 7.47. The minimum Gasteiger partial charge on any atom is -0.408 e. The van der Waals surface area contributed by atoms with Gasteiger partial charge in [0.25, 0.3) is 0 Å². The number of aryl methyl sites for hydroxylation is 2. The molecule has 1 aliphatic carbocycles. The van der Waals surface area contributed by atoms with Crippen LogP contribution in [-0.4, -0.2) is 17.4 Å². The number of amides is 1. The quantitative estimate of drug-likeness (QED) is 0.701. The summed E-state index contributed by atoms with van der Waals surface area (Å²) < 4.78 is 5.25. The lowest BCUT2D eigenvalue weighted by Gasteiger charge is -2.24. The fourth-order valence-electron chi connectivity index (χ4n) is 3.55. The molecule has 134 valence electrons. The van der Waals surface area contributed by atoms with Crippen molar-refractivity contribution in [3.8, 4) is 0 Å². The van der Waals surface area contributed by atoms with Crippen LogP contribution in [0.4, 0.5) is 0 Å². The Morgan fingerprint density at radius 2 is 2.19 bits per heavy atom. The number of nitrogens with one attached hydrogen (secondary N) is 1. The standard InChI is InChI=1S/C20H20N2O3S/c23-18(15-8-3-6-13-5-1-2-7-14(13)15)21-11-4-9-17-22-19-16(10-12-26-19)20(24)25-17/h1-2,5,7,10,12,15H,3-4,6,8-9,11H2,(H,21,23)/t15-/m0/s1. The lowest BCUT2D eigenvalue weighted by atomic mass is 9.82. The van der Waals surface area contributed by atoms with Crippen molar-refractivity contribution in [2.75, 3.05) is 6.54 Å². The van der Waals surface area contributed by atoms with Crippen LogP contribution in [0.1, 0.15) is 42.2 Å². The van der Waals surface area contributed by atoms with Crippen LogP contribution in [0.2, 0.25) is 0 Å². The minimum absolute atomic E-state index is 0.0570. The van der Waals surface area contributed by atoms with E-state index in [2.05, 4.69) is 22.4 Å². The molecule has 0 fully saturated rings. The van der Waals surface area contributed by atoms with Gasteiger partial charge in [-0.25, -0.2) is 9.78 Å². The number of aromatic nitrogens is 1. The number of benzene rings is 1. The molecule has 6 heteroatoms. The Morgan fingerprint density at radius 1 is 1.31 bits per heavy atom. The highest BCUT2D eigenvalue weighted by Gasteiger charge is 2.25. The van der Waals surface area contributed by atoms with Crippen LogP contribution in [0.3, 0.4) is 0 Å². The van der Waals surface area contributed by atoms with E-state index in [1.165, 1.54) is 16.9 Å². The van der Waals surface area contributed by atoms with Gasteiger partial charge in [-0.1, -0.05) is 24.3 Å². The van der Waals surface area contributed by atoms with E-state index >= 15 is 0 Å². The molecule has 4 rings (SSSR count). The zero-order chi connectivity index (χ0) is 17.9. The van der Waals surface area contributed by atoms with Gasteiger partial charge in [0.05, 0.1) is 11.3 Å². The second-order valence-electron chi connectivity index (χ2n) is 6.57. The third-order valence-corrected chi connectivity index (χ3v) is 5.66. The summed E-state index contributed by atoms with van der Waals surface area (Å²) in [5.74, 6) is 0.459. The van der Waals surface area contributed by atoms with Crippen LogP contribution in [0, 0.1) is 0 Å². The number of hydrogen-bond acceptors (Lipinski definition) is 5. The molecular formula is C20H20N2O3S. The van der Waals surface area contributed by atoms with Crippen molar-refractivity contribution in [3.63, 3.8) is 0 Å². The van der Waals surface area contributed by atoms with Crippen LogP contribution in [-0.2, 0) is 17.6 Å². The maximum atomic E-state index is 12.6. The monoisotopic (exact) mass is 368 g/mol. The van der Waals surface area contributed by atoms with Crippen LogP contribution >= 0.6 is 11.3 Å². The summed E-state index contributed by atoms with van der Waals surface area (Å²) in [6, 6.07) is 9.94. The zero-order valence-electron chi connectivity index (χ0n) is 14.4. The Kier molecular flexibility index (Phi) is 4.84. The van der Waals surface area contributed by atoms with E-state index in [0.29, 0.717) is 35.5 Å². The number of nitrogens with zero attached hydrogens (tertiary/aromatic N) is 1. The normalized spacial score (nSPS) is 16.4. The molecule has 1 amide bonds. The molecule has 1 atom stereocenters. The molecule has 2 heterocycles. The fraction of sp³-hybridized carbons (Fsp3) is 0.350. The molecule has 5 nitrogen and oxygen atoms in total. The smallest absolute Gasteiger partial charge is 0.347 e. The van der Waals surface area contributed by atoms with Crippen LogP contribution in [0.15, 0.2) is 44.9 Å². The van der Waals surface area contributed by atoms with Crippen LogP contribution in [0.25, 0.3) is 10.2 Å². The number of rotatable bonds is 5. The van der Waals surface area contributed by atoms with Gasteiger partial charge in [0, 0.05) is 13.0 Å². The summed E-state index contributed by atoms with van der Waals surface area (Å²) in [7, 11) is 0. The maximum Gasteiger partial charge on any atom is 0.347 e. The number of thiophene rings is 1. The number of carbonyl (C=O) groups is 1. The second kappa shape index (κ2) is 7.41. The van der Waals surface area contributed by atoms with E-state index < -0.39 is 0 Å². The van der Waals surface area contributed by atoms with Gasteiger partial charge in [-0.05, 0) is 48.3 Å². The zero-order valence-corrected chi connectivity index (χ0v) is 15.2. The molecule has 0 bridgehead atoms. The van der Waals surface area contributed by atoms with Gasteiger partial charge in [-0.3, -0.25) is 4.79 Å². The lowest BCUT2D eigenvalue weighted by Crippen LogP contribution is -2.32. The van der Waals surface area contributed by atoms with Crippen molar-refractivity contribution in [3.05, 3.63) is 63.1 Å².